The first-order chi connectivity index (χ1) is 4.74. The van der Waals surface area contributed by atoms with Gasteiger partial charge in [0, 0.05) is 6.07 Å². The van der Waals surface area contributed by atoms with E-state index in [2.05, 4.69) is 0 Å². The number of aryl methyl sites for hydroxylation is 1. The lowest BCUT2D eigenvalue weighted by molar-refractivity contribution is -0.673. The van der Waals surface area contributed by atoms with Crippen molar-refractivity contribution in [2.24, 2.45) is 7.05 Å². The van der Waals surface area contributed by atoms with Gasteiger partial charge in [0.2, 0.25) is 18.2 Å². The van der Waals surface area contributed by atoms with Crippen LogP contribution in [0.4, 0.5) is 0 Å². The minimum Gasteiger partial charge on any atom is -0.503 e. The third-order valence-electron chi connectivity index (χ3n) is 1.28. The van der Waals surface area contributed by atoms with Gasteiger partial charge in [-0.25, -0.2) is 0 Å². The molecule has 10 heavy (non-hydrogen) atoms. The van der Waals surface area contributed by atoms with E-state index < -0.39 is 0 Å². The summed E-state index contributed by atoms with van der Waals surface area (Å²) in [4.78, 5) is 10.2. The van der Waals surface area contributed by atoms with E-state index in [1.54, 1.807) is 17.7 Å². The molecule has 1 aromatic heterocycles. The molecular formula is C7H8NO2+. The normalized spacial score (nSPS) is 9.30. The molecule has 0 saturated heterocycles. The Morgan fingerprint density at radius 1 is 1.60 bits per heavy atom. The van der Waals surface area contributed by atoms with Gasteiger partial charge in [0.25, 0.3) is 0 Å². The Labute approximate surface area is 58.5 Å². The average molecular weight is 138 g/mol. The maximum Gasteiger partial charge on any atom is 0.245 e. The van der Waals surface area contributed by atoms with Crippen LogP contribution in [-0.4, -0.2) is 11.4 Å². The first kappa shape index (κ1) is 6.74. The third-order valence-corrected chi connectivity index (χ3v) is 1.28. The molecule has 0 aliphatic heterocycles. The molecule has 1 N–H and O–H groups in total. The number of carbonyl (C=O) groups excluding carboxylic acids is 1. The molecule has 0 radical (unpaired) electrons. The molecule has 0 spiro atoms. The first-order valence-corrected chi connectivity index (χ1v) is 2.88. The number of hydrogen-bond donors (Lipinski definition) is 1. The van der Waals surface area contributed by atoms with Crippen LogP contribution in [-0.2, 0) is 7.05 Å². The number of aromatic nitrogens is 1. The second kappa shape index (κ2) is 2.47. The van der Waals surface area contributed by atoms with Gasteiger partial charge in [0.1, 0.15) is 7.05 Å². The molecule has 3 nitrogen and oxygen atoms in total. The van der Waals surface area contributed by atoms with Crippen LogP contribution in [0.1, 0.15) is 10.5 Å². The molecule has 0 amide bonds. The van der Waals surface area contributed by atoms with Crippen molar-refractivity contribution in [2.45, 2.75) is 0 Å². The number of pyridine rings is 1. The average Bonchev–Trinajstić information content (AvgIpc) is 1.88. The summed E-state index contributed by atoms with van der Waals surface area (Å²) in [6.07, 6.45) is 2.21. The van der Waals surface area contributed by atoms with Gasteiger partial charge in [-0.2, -0.15) is 4.57 Å². The maximum absolute atomic E-state index is 10.2. The van der Waals surface area contributed by atoms with Crippen molar-refractivity contribution < 1.29 is 14.5 Å². The van der Waals surface area contributed by atoms with Gasteiger partial charge < -0.3 is 5.11 Å². The van der Waals surface area contributed by atoms with Crippen LogP contribution >= 0.6 is 0 Å². The van der Waals surface area contributed by atoms with Crippen molar-refractivity contribution in [3.05, 3.63) is 24.0 Å². The summed E-state index contributed by atoms with van der Waals surface area (Å²) in [5, 5.41) is 8.90. The van der Waals surface area contributed by atoms with Crippen LogP contribution in [0.5, 0.6) is 5.75 Å². The SMILES string of the molecule is C[n+]1cc(O)ccc1C=O. The molecular weight excluding hydrogens is 130 g/mol. The highest BCUT2D eigenvalue weighted by Crippen LogP contribution is 2.01. The van der Waals surface area contributed by atoms with E-state index >= 15 is 0 Å². The largest absolute Gasteiger partial charge is 0.503 e. The minimum absolute atomic E-state index is 0.160. The summed E-state index contributed by atoms with van der Waals surface area (Å²) in [5.41, 5.74) is 0.540. The summed E-state index contributed by atoms with van der Waals surface area (Å²) in [6, 6.07) is 3.03. The fraction of sp³-hybridized carbons (Fsp3) is 0.143. The standard InChI is InChI=1S/C7H7NO2/c1-8-4-7(10)3-2-6(8)5-9/h2-5H,1H3/p+1. The molecule has 1 aromatic rings. The highest BCUT2D eigenvalue weighted by molar-refractivity contribution is 5.69. The number of carbonyl (C=O) groups is 1. The molecule has 0 saturated carbocycles. The predicted octanol–water partition coefficient (Wildman–Crippen LogP) is 0.0292. The van der Waals surface area contributed by atoms with Gasteiger partial charge in [0.05, 0.1) is 0 Å². The zero-order valence-corrected chi connectivity index (χ0v) is 5.61. The topological polar surface area (TPSA) is 41.2 Å². The van der Waals surface area contributed by atoms with Crippen LogP contribution in [0.2, 0.25) is 0 Å². The smallest absolute Gasteiger partial charge is 0.245 e. The lowest BCUT2D eigenvalue weighted by Gasteiger charge is -1.90. The van der Waals surface area contributed by atoms with Crippen molar-refractivity contribution in [3.8, 4) is 5.75 Å². The van der Waals surface area contributed by atoms with Crippen LogP contribution in [0.25, 0.3) is 0 Å². The number of aldehydes is 1. The molecule has 0 aliphatic carbocycles. The highest BCUT2D eigenvalue weighted by Gasteiger charge is 2.03. The van der Waals surface area contributed by atoms with Gasteiger partial charge in [-0.15, -0.1) is 0 Å². The summed E-state index contributed by atoms with van der Waals surface area (Å²) in [7, 11) is 1.70. The number of rotatable bonds is 1. The van der Waals surface area contributed by atoms with Crippen molar-refractivity contribution in [3.63, 3.8) is 0 Å². The van der Waals surface area contributed by atoms with Gasteiger partial charge >= 0.3 is 0 Å². The molecule has 0 aliphatic rings. The first-order valence-electron chi connectivity index (χ1n) is 2.88. The van der Waals surface area contributed by atoms with Gasteiger partial charge in [-0.05, 0) is 6.07 Å². The Kier molecular flexibility index (Phi) is 1.67. The second-order valence-corrected chi connectivity index (χ2v) is 2.04. The van der Waals surface area contributed by atoms with E-state index in [0.717, 1.165) is 6.29 Å². The summed E-state index contributed by atoms with van der Waals surface area (Å²) >= 11 is 0. The Morgan fingerprint density at radius 2 is 2.30 bits per heavy atom. The van der Waals surface area contributed by atoms with E-state index in [1.807, 2.05) is 0 Å². The molecule has 1 rings (SSSR count). The van der Waals surface area contributed by atoms with E-state index in [9.17, 15) is 4.79 Å². The summed E-state index contributed by atoms with van der Waals surface area (Å²) < 4.78 is 1.56. The fourth-order valence-corrected chi connectivity index (χ4v) is 0.727. The number of nitrogens with zero attached hydrogens (tertiary/aromatic N) is 1. The Bertz CT molecular complexity index is 258. The molecule has 0 aromatic carbocycles. The van der Waals surface area contributed by atoms with E-state index in [0.29, 0.717) is 5.69 Å². The molecule has 0 fully saturated rings. The highest BCUT2D eigenvalue weighted by atomic mass is 16.3. The van der Waals surface area contributed by atoms with Gasteiger partial charge in [-0.3, -0.25) is 4.79 Å². The zero-order chi connectivity index (χ0) is 7.56. The monoisotopic (exact) mass is 138 g/mol. The van der Waals surface area contributed by atoms with Crippen LogP contribution in [0, 0.1) is 0 Å². The minimum atomic E-state index is 0.160. The van der Waals surface area contributed by atoms with Crippen molar-refractivity contribution >= 4 is 6.29 Å². The van der Waals surface area contributed by atoms with Crippen LogP contribution in [0.3, 0.4) is 0 Å². The molecule has 1 heterocycles. The molecule has 0 unspecified atom stereocenters. The summed E-state index contributed by atoms with van der Waals surface area (Å²) in [5.74, 6) is 0.160. The summed E-state index contributed by atoms with van der Waals surface area (Å²) in [6.45, 7) is 0. The van der Waals surface area contributed by atoms with E-state index in [1.165, 1.54) is 12.3 Å². The van der Waals surface area contributed by atoms with Crippen LogP contribution < -0.4 is 4.57 Å². The van der Waals surface area contributed by atoms with E-state index in [-0.39, 0.29) is 5.75 Å². The molecule has 0 bridgehead atoms. The third kappa shape index (κ3) is 1.13. The number of aromatic hydroxyl groups is 1. The molecule has 3 heteroatoms. The lowest BCUT2D eigenvalue weighted by atomic mass is 10.3. The predicted molar refractivity (Wildman–Crippen MR) is 34.7 cm³/mol. The molecule has 52 valence electrons. The maximum atomic E-state index is 10.2. The number of hydrogen-bond acceptors (Lipinski definition) is 2. The second-order valence-electron chi connectivity index (χ2n) is 2.04. The molecule has 0 atom stereocenters. The fourth-order valence-electron chi connectivity index (χ4n) is 0.727. The van der Waals surface area contributed by atoms with E-state index in [4.69, 9.17) is 5.11 Å². The van der Waals surface area contributed by atoms with Crippen molar-refractivity contribution in [1.29, 1.82) is 0 Å². The van der Waals surface area contributed by atoms with Crippen molar-refractivity contribution in [1.82, 2.24) is 0 Å². The van der Waals surface area contributed by atoms with Gasteiger partial charge in [0.15, 0.2) is 5.75 Å². The Hall–Kier alpha value is -1.38. The van der Waals surface area contributed by atoms with Crippen molar-refractivity contribution in [2.75, 3.05) is 0 Å². The van der Waals surface area contributed by atoms with Crippen LogP contribution in [0.15, 0.2) is 18.3 Å². The Balaban J connectivity index is 3.19. The van der Waals surface area contributed by atoms with Gasteiger partial charge in [-0.1, -0.05) is 0 Å². The lowest BCUT2D eigenvalue weighted by Crippen LogP contribution is -2.32. The quantitative estimate of drug-likeness (QED) is 0.439. The zero-order valence-electron chi connectivity index (χ0n) is 5.61. The Morgan fingerprint density at radius 3 is 2.80 bits per heavy atom.